The first-order valence-electron chi connectivity index (χ1n) is 14.1. The second-order valence-electron chi connectivity index (χ2n) is 10.4. The van der Waals surface area contributed by atoms with Crippen molar-refractivity contribution in [2.24, 2.45) is 11.5 Å². The van der Waals surface area contributed by atoms with Gasteiger partial charge in [-0.2, -0.15) is 0 Å². The minimum atomic E-state index is -1.57. The summed E-state index contributed by atoms with van der Waals surface area (Å²) < 4.78 is 0. The summed E-state index contributed by atoms with van der Waals surface area (Å²) in [7, 11) is 0. The van der Waals surface area contributed by atoms with Crippen LogP contribution in [0.2, 0.25) is 0 Å². The van der Waals surface area contributed by atoms with Crippen LogP contribution in [-0.2, 0) is 36.8 Å². The Morgan fingerprint density at radius 1 is 0.795 bits per heavy atom. The Kier molecular flexibility index (Phi) is 12.2. The average molecular weight is 611 g/mol. The quantitative estimate of drug-likeness (QED) is 0.0934. The third-order valence-electron chi connectivity index (χ3n) is 7.04. The molecule has 4 atom stereocenters. The number of para-hydroxylation sites is 1. The molecule has 1 heterocycles. The highest BCUT2D eigenvalue weighted by Gasteiger charge is 2.32. The van der Waals surface area contributed by atoms with Crippen molar-refractivity contribution in [1.82, 2.24) is 20.9 Å². The van der Waals surface area contributed by atoms with Crippen molar-refractivity contribution in [2.45, 2.75) is 62.7 Å². The molecule has 0 aliphatic rings. The number of aliphatic carboxylic acids is 2. The van der Waals surface area contributed by atoms with E-state index >= 15 is 0 Å². The van der Waals surface area contributed by atoms with E-state index in [-0.39, 0.29) is 25.0 Å². The van der Waals surface area contributed by atoms with Gasteiger partial charge in [0.05, 0.1) is 12.5 Å². The van der Waals surface area contributed by atoms with E-state index in [1.807, 2.05) is 18.2 Å². The third kappa shape index (κ3) is 9.81. The number of aromatic hydroxyl groups is 1. The lowest BCUT2D eigenvalue weighted by Crippen LogP contribution is -2.58. The number of nitrogens with one attached hydrogen (secondary N) is 4. The van der Waals surface area contributed by atoms with Gasteiger partial charge in [0.25, 0.3) is 0 Å². The molecule has 11 N–H and O–H groups in total. The number of rotatable bonds is 17. The van der Waals surface area contributed by atoms with Crippen LogP contribution in [0, 0.1) is 0 Å². The molecule has 44 heavy (non-hydrogen) atoms. The van der Waals surface area contributed by atoms with Gasteiger partial charge < -0.3 is 47.7 Å². The molecule has 14 heteroatoms. The number of carbonyl (C=O) groups excluding carboxylic acids is 3. The molecule has 0 bridgehead atoms. The molecule has 236 valence electrons. The fourth-order valence-corrected chi connectivity index (χ4v) is 4.64. The Labute approximate surface area is 253 Å². The Bertz CT molecular complexity index is 1460. The first-order valence-corrected chi connectivity index (χ1v) is 14.1. The number of nitrogens with two attached hydrogens (primary N) is 2. The summed E-state index contributed by atoms with van der Waals surface area (Å²) in [5, 5.41) is 37.0. The second-order valence-corrected chi connectivity index (χ2v) is 10.4. The topological polar surface area (TPSA) is 250 Å². The van der Waals surface area contributed by atoms with Crippen LogP contribution < -0.4 is 27.4 Å². The summed E-state index contributed by atoms with van der Waals surface area (Å²) >= 11 is 0. The molecule has 3 rings (SSSR count). The number of phenolic OH excluding ortho intramolecular Hbond substituents is 1. The SMILES string of the molecule is NCCCCC(N)C(=O)NC(CC(=O)O)C(=O)NC(Cc1ccc(O)cc1)C(=O)NC(Cc1c[nH]c2ccccc12)C(=O)O. The van der Waals surface area contributed by atoms with Gasteiger partial charge in [0.2, 0.25) is 17.7 Å². The molecule has 1 aromatic heterocycles. The van der Waals surface area contributed by atoms with Gasteiger partial charge in [-0.25, -0.2) is 4.79 Å². The van der Waals surface area contributed by atoms with E-state index in [0.29, 0.717) is 30.5 Å². The predicted octanol–water partition coefficient (Wildman–Crippen LogP) is 0.129. The number of aromatic nitrogens is 1. The molecular weight excluding hydrogens is 572 g/mol. The normalized spacial score (nSPS) is 13.8. The van der Waals surface area contributed by atoms with E-state index in [9.17, 15) is 39.3 Å². The van der Waals surface area contributed by atoms with Gasteiger partial charge in [0, 0.05) is 29.9 Å². The van der Waals surface area contributed by atoms with Crippen LogP contribution >= 0.6 is 0 Å². The molecule has 0 aliphatic heterocycles. The lowest BCUT2D eigenvalue weighted by molar-refractivity contribution is -0.143. The number of hydrogen-bond donors (Lipinski definition) is 9. The zero-order valence-corrected chi connectivity index (χ0v) is 24.0. The van der Waals surface area contributed by atoms with E-state index in [1.54, 1.807) is 12.3 Å². The van der Waals surface area contributed by atoms with Gasteiger partial charge in [0.1, 0.15) is 23.9 Å². The number of fused-ring (bicyclic) bond motifs is 1. The number of carboxylic acid groups (broad SMARTS) is 2. The first-order chi connectivity index (χ1) is 21.0. The summed E-state index contributed by atoms with van der Waals surface area (Å²) in [6, 6.07) is 7.73. The Hall–Kier alpha value is -4.95. The van der Waals surface area contributed by atoms with Gasteiger partial charge in [-0.05, 0) is 48.7 Å². The second kappa shape index (κ2) is 16.0. The van der Waals surface area contributed by atoms with Crippen LogP contribution in [0.5, 0.6) is 5.75 Å². The van der Waals surface area contributed by atoms with Gasteiger partial charge in [-0.1, -0.05) is 36.8 Å². The lowest BCUT2D eigenvalue weighted by atomic mass is 10.0. The Morgan fingerprint density at radius 3 is 2.09 bits per heavy atom. The minimum Gasteiger partial charge on any atom is -0.508 e. The van der Waals surface area contributed by atoms with Crippen LogP contribution in [0.3, 0.4) is 0 Å². The van der Waals surface area contributed by atoms with Gasteiger partial charge >= 0.3 is 11.9 Å². The molecule has 4 unspecified atom stereocenters. The van der Waals surface area contributed by atoms with Crippen molar-refractivity contribution in [2.75, 3.05) is 6.54 Å². The molecule has 0 radical (unpaired) electrons. The molecule has 0 saturated heterocycles. The van der Waals surface area contributed by atoms with E-state index in [4.69, 9.17) is 11.5 Å². The number of benzene rings is 2. The van der Waals surface area contributed by atoms with Gasteiger partial charge in [-0.3, -0.25) is 19.2 Å². The van der Waals surface area contributed by atoms with Crippen molar-refractivity contribution in [3.63, 3.8) is 0 Å². The maximum absolute atomic E-state index is 13.5. The van der Waals surface area contributed by atoms with Crippen LogP contribution in [-0.4, -0.2) is 80.7 Å². The fourth-order valence-electron chi connectivity index (χ4n) is 4.64. The number of phenols is 1. The summed E-state index contributed by atoms with van der Waals surface area (Å²) in [6.45, 7) is 0.410. The Balaban J connectivity index is 1.81. The van der Waals surface area contributed by atoms with Crippen LogP contribution in [0.4, 0.5) is 0 Å². The number of carboxylic acids is 2. The fraction of sp³-hybridized carbons (Fsp3) is 0.367. The number of aromatic amines is 1. The van der Waals surface area contributed by atoms with Crippen molar-refractivity contribution in [1.29, 1.82) is 0 Å². The minimum absolute atomic E-state index is 0.0320. The molecular formula is C30H38N6O8. The maximum Gasteiger partial charge on any atom is 0.326 e. The summed E-state index contributed by atoms with van der Waals surface area (Å²) in [5.74, 6) is -5.29. The standard InChI is InChI=1S/C30H38N6O8/c31-12-4-3-6-21(32)27(40)34-24(15-26(38)39)29(42)35-23(13-17-8-10-19(37)11-9-17)28(41)36-25(30(43)44)14-18-16-33-22-7-2-1-5-20(18)22/h1-2,5,7-11,16,21,23-25,33,37H,3-4,6,12-15,31-32H2,(H,34,40)(H,35,42)(H,36,41)(H,38,39)(H,43,44). The molecule has 0 fully saturated rings. The summed E-state index contributed by atoms with van der Waals surface area (Å²) in [6.07, 6.45) is 2.11. The van der Waals surface area contributed by atoms with Crippen molar-refractivity contribution >= 4 is 40.6 Å². The number of amides is 3. The largest absolute Gasteiger partial charge is 0.508 e. The molecule has 2 aromatic carbocycles. The van der Waals surface area contributed by atoms with Crippen LogP contribution in [0.15, 0.2) is 54.7 Å². The van der Waals surface area contributed by atoms with Crippen molar-refractivity contribution < 1.29 is 39.3 Å². The van der Waals surface area contributed by atoms with E-state index < -0.39 is 60.2 Å². The molecule has 0 spiro atoms. The Morgan fingerprint density at radius 2 is 1.43 bits per heavy atom. The molecule has 14 nitrogen and oxygen atoms in total. The highest BCUT2D eigenvalue weighted by Crippen LogP contribution is 2.19. The zero-order valence-electron chi connectivity index (χ0n) is 24.0. The monoisotopic (exact) mass is 610 g/mol. The summed E-state index contributed by atoms with van der Waals surface area (Å²) in [5.41, 5.74) is 13.3. The molecule has 3 amide bonds. The predicted molar refractivity (Wildman–Crippen MR) is 160 cm³/mol. The smallest absolute Gasteiger partial charge is 0.326 e. The molecule has 0 aliphatic carbocycles. The van der Waals surface area contributed by atoms with Gasteiger partial charge in [0.15, 0.2) is 0 Å². The van der Waals surface area contributed by atoms with E-state index in [1.165, 1.54) is 24.3 Å². The molecule has 0 saturated carbocycles. The van der Waals surface area contributed by atoms with Crippen LogP contribution in [0.1, 0.15) is 36.8 Å². The number of carbonyl (C=O) groups is 5. The van der Waals surface area contributed by atoms with E-state index in [2.05, 4.69) is 20.9 Å². The van der Waals surface area contributed by atoms with E-state index in [0.717, 1.165) is 10.9 Å². The van der Waals surface area contributed by atoms with Crippen molar-refractivity contribution in [3.8, 4) is 5.75 Å². The highest BCUT2D eigenvalue weighted by molar-refractivity contribution is 5.96. The first kappa shape index (κ1) is 33.6. The van der Waals surface area contributed by atoms with Crippen molar-refractivity contribution in [3.05, 3.63) is 65.9 Å². The average Bonchev–Trinajstić information content (AvgIpc) is 3.39. The molecule has 3 aromatic rings. The maximum atomic E-state index is 13.5. The van der Waals surface area contributed by atoms with Gasteiger partial charge in [-0.15, -0.1) is 0 Å². The number of hydrogen-bond acceptors (Lipinski definition) is 8. The third-order valence-corrected chi connectivity index (χ3v) is 7.04. The lowest BCUT2D eigenvalue weighted by Gasteiger charge is -2.25. The number of H-pyrrole nitrogens is 1. The number of unbranched alkanes of at least 4 members (excludes halogenated alkanes) is 1. The zero-order chi connectivity index (χ0) is 32.2. The van der Waals surface area contributed by atoms with Crippen LogP contribution in [0.25, 0.3) is 10.9 Å². The summed E-state index contributed by atoms with van der Waals surface area (Å²) in [4.78, 5) is 66.2. The highest BCUT2D eigenvalue weighted by atomic mass is 16.4.